The van der Waals surface area contributed by atoms with E-state index in [1.807, 2.05) is 23.2 Å². The van der Waals surface area contributed by atoms with Crippen LogP contribution in [-0.4, -0.2) is 47.7 Å². The van der Waals surface area contributed by atoms with E-state index in [1.165, 1.54) is 0 Å². The minimum absolute atomic E-state index is 0.112. The van der Waals surface area contributed by atoms with Gasteiger partial charge in [-0.1, -0.05) is 18.2 Å². The normalized spacial score (nSPS) is 24.8. The molecule has 0 saturated carbocycles. The third-order valence-corrected chi connectivity index (χ3v) is 5.79. The molecule has 3 aliphatic rings. The second-order valence-electron chi connectivity index (χ2n) is 7.44. The zero-order valence-corrected chi connectivity index (χ0v) is 14.6. The van der Waals surface area contributed by atoms with Crippen LogP contribution in [-0.2, 0) is 20.9 Å². The summed E-state index contributed by atoms with van der Waals surface area (Å²) >= 11 is 0. The van der Waals surface area contributed by atoms with Crippen molar-refractivity contribution in [3.8, 4) is 0 Å². The maximum atomic E-state index is 12.5. The van der Waals surface area contributed by atoms with Crippen LogP contribution in [0, 0.1) is 11.8 Å². The molecule has 25 heavy (non-hydrogen) atoms. The van der Waals surface area contributed by atoms with Gasteiger partial charge in [0.2, 0.25) is 5.91 Å². The van der Waals surface area contributed by atoms with Crippen LogP contribution in [0.4, 0.5) is 0 Å². The number of carbonyl (C=O) groups is 1. The highest BCUT2D eigenvalue weighted by molar-refractivity contribution is 5.80. The van der Waals surface area contributed by atoms with Crippen molar-refractivity contribution in [3.05, 3.63) is 42.2 Å². The molecule has 0 aromatic carbocycles. The summed E-state index contributed by atoms with van der Waals surface area (Å²) in [5.41, 5.74) is 0.991. The summed E-state index contributed by atoms with van der Waals surface area (Å²) in [4.78, 5) is 18.6. The summed E-state index contributed by atoms with van der Waals surface area (Å²) < 4.78 is 11.9. The minimum Gasteiger partial charge on any atom is -0.377 e. The van der Waals surface area contributed by atoms with Crippen LogP contribution in [0.5, 0.6) is 0 Å². The number of likely N-dealkylation sites (tertiary alicyclic amines) is 1. The molecule has 1 amide bonds. The maximum absolute atomic E-state index is 12.5. The highest BCUT2D eigenvalue weighted by atomic mass is 16.5. The number of amides is 1. The van der Waals surface area contributed by atoms with E-state index in [9.17, 15) is 4.79 Å². The molecule has 2 fully saturated rings. The van der Waals surface area contributed by atoms with E-state index in [0.29, 0.717) is 18.4 Å². The molecule has 4 rings (SSSR count). The lowest BCUT2D eigenvalue weighted by molar-refractivity contribution is -0.169. The minimum atomic E-state index is -0.112. The number of pyridine rings is 1. The first-order valence-electron chi connectivity index (χ1n) is 9.31. The Kier molecular flexibility index (Phi) is 4.86. The summed E-state index contributed by atoms with van der Waals surface area (Å²) in [5, 5.41) is 0. The molecular weight excluding hydrogens is 316 g/mol. The third-order valence-electron chi connectivity index (χ3n) is 5.79. The van der Waals surface area contributed by atoms with E-state index in [-0.39, 0.29) is 11.5 Å². The van der Waals surface area contributed by atoms with Gasteiger partial charge in [0.25, 0.3) is 0 Å². The molecule has 2 saturated heterocycles. The lowest BCUT2D eigenvalue weighted by atomic mass is 9.78. The number of ether oxygens (including phenoxy) is 2. The predicted octanol–water partition coefficient (Wildman–Crippen LogP) is 2.57. The van der Waals surface area contributed by atoms with Crippen LogP contribution >= 0.6 is 0 Å². The van der Waals surface area contributed by atoms with Crippen LogP contribution in [0.25, 0.3) is 0 Å². The van der Waals surface area contributed by atoms with Crippen molar-refractivity contribution in [2.45, 2.75) is 37.9 Å². The van der Waals surface area contributed by atoms with Crippen molar-refractivity contribution in [2.24, 2.45) is 11.8 Å². The molecule has 1 atom stereocenters. The van der Waals surface area contributed by atoms with Gasteiger partial charge in [0, 0.05) is 31.5 Å². The number of aromatic nitrogens is 1. The van der Waals surface area contributed by atoms with E-state index < -0.39 is 0 Å². The first kappa shape index (κ1) is 16.7. The van der Waals surface area contributed by atoms with E-state index in [1.54, 1.807) is 6.20 Å². The Hall–Kier alpha value is -1.72. The Morgan fingerprint density at radius 2 is 2.20 bits per heavy atom. The van der Waals surface area contributed by atoms with Gasteiger partial charge in [-0.15, -0.1) is 0 Å². The van der Waals surface area contributed by atoms with E-state index in [4.69, 9.17) is 9.47 Å². The Morgan fingerprint density at radius 3 is 2.96 bits per heavy atom. The highest BCUT2D eigenvalue weighted by Gasteiger charge is 2.54. The van der Waals surface area contributed by atoms with Gasteiger partial charge in [0.05, 0.1) is 19.7 Å². The molecule has 0 radical (unpaired) electrons. The number of allylic oxidation sites excluding steroid dienone is 2. The Bertz CT molecular complexity index is 617. The Labute approximate surface area is 149 Å². The number of hydrogen-bond acceptors (Lipinski definition) is 4. The van der Waals surface area contributed by atoms with Gasteiger partial charge < -0.3 is 14.4 Å². The lowest BCUT2D eigenvalue weighted by Gasteiger charge is -2.51. The highest BCUT2D eigenvalue weighted by Crippen LogP contribution is 2.42. The number of hydrogen-bond donors (Lipinski definition) is 0. The summed E-state index contributed by atoms with van der Waals surface area (Å²) in [6, 6.07) is 3.96. The monoisotopic (exact) mass is 342 g/mol. The molecule has 5 nitrogen and oxygen atoms in total. The second kappa shape index (κ2) is 7.26. The summed E-state index contributed by atoms with van der Waals surface area (Å²) in [7, 11) is 0. The first-order valence-corrected chi connectivity index (χ1v) is 9.31. The molecule has 5 heteroatoms. The largest absolute Gasteiger partial charge is 0.377 e. The topological polar surface area (TPSA) is 51.7 Å². The van der Waals surface area contributed by atoms with E-state index >= 15 is 0 Å². The third kappa shape index (κ3) is 3.48. The Morgan fingerprint density at radius 1 is 1.36 bits per heavy atom. The average Bonchev–Trinajstić information content (AvgIpc) is 3.27. The second-order valence-corrected chi connectivity index (χ2v) is 7.44. The van der Waals surface area contributed by atoms with Crippen LogP contribution in [0.1, 0.15) is 31.2 Å². The Balaban J connectivity index is 1.22. The van der Waals surface area contributed by atoms with E-state index in [2.05, 4.69) is 17.1 Å². The standard InChI is InChI=1S/C20H26N2O3/c23-19(17-5-1-2-6-17)22-14-20(15-22)18(8-11-25-20)7-10-24-13-16-4-3-9-21-12-16/h1-4,9,12,17-18H,5-8,10-11,13-15H2. The molecule has 1 aromatic heterocycles. The lowest BCUT2D eigenvalue weighted by Crippen LogP contribution is -2.66. The molecule has 1 spiro atoms. The van der Waals surface area contributed by atoms with Gasteiger partial charge in [-0.25, -0.2) is 0 Å². The van der Waals surface area contributed by atoms with Crippen molar-refractivity contribution in [3.63, 3.8) is 0 Å². The quantitative estimate of drug-likeness (QED) is 0.589. The van der Waals surface area contributed by atoms with Gasteiger partial charge in [0.15, 0.2) is 0 Å². The zero-order chi connectivity index (χ0) is 17.1. The number of nitrogens with zero attached hydrogens (tertiary/aromatic N) is 2. The van der Waals surface area contributed by atoms with Crippen LogP contribution in [0.15, 0.2) is 36.7 Å². The first-order chi connectivity index (χ1) is 12.3. The summed E-state index contributed by atoms with van der Waals surface area (Å²) in [6.45, 7) is 3.66. The molecule has 1 aromatic rings. The SMILES string of the molecule is O=C(C1CC=CC1)N1CC2(C1)OCCC2CCOCc1cccnc1. The molecule has 2 aliphatic heterocycles. The van der Waals surface area contributed by atoms with Crippen LogP contribution in [0.3, 0.4) is 0 Å². The molecule has 1 aliphatic carbocycles. The van der Waals surface area contributed by atoms with Crippen molar-refractivity contribution in [1.82, 2.24) is 9.88 Å². The van der Waals surface area contributed by atoms with Gasteiger partial charge in [-0.3, -0.25) is 9.78 Å². The smallest absolute Gasteiger partial charge is 0.226 e. The van der Waals surface area contributed by atoms with Crippen LogP contribution in [0.2, 0.25) is 0 Å². The molecule has 3 heterocycles. The summed E-state index contributed by atoms with van der Waals surface area (Å²) in [6.07, 6.45) is 11.7. The number of carbonyl (C=O) groups excluding carboxylic acids is 1. The number of rotatable bonds is 6. The predicted molar refractivity (Wildman–Crippen MR) is 93.7 cm³/mol. The van der Waals surface area contributed by atoms with Crippen LogP contribution < -0.4 is 0 Å². The average molecular weight is 342 g/mol. The molecule has 134 valence electrons. The van der Waals surface area contributed by atoms with Gasteiger partial charge in [-0.2, -0.15) is 0 Å². The molecule has 1 unspecified atom stereocenters. The molecule has 0 N–H and O–H groups in total. The van der Waals surface area contributed by atoms with Gasteiger partial charge in [0.1, 0.15) is 5.60 Å². The van der Waals surface area contributed by atoms with Crippen molar-refractivity contribution in [1.29, 1.82) is 0 Å². The fourth-order valence-electron chi connectivity index (χ4n) is 4.27. The summed E-state index contributed by atoms with van der Waals surface area (Å²) in [5.74, 6) is 0.963. The van der Waals surface area contributed by atoms with Crippen molar-refractivity contribution >= 4 is 5.91 Å². The van der Waals surface area contributed by atoms with E-state index in [0.717, 1.165) is 57.6 Å². The maximum Gasteiger partial charge on any atom is 0.226 e. The molecule has 0 bridgehead atoms. The van der Waals surface area contributed by atoms with Gasteiger partial charge in [-0.05, 0) is 43.2 Å². The zero-order valence-electron chi connectivity index (χ0n) is 14.6. The van der Waals surface area contributed by atoms with Crippen molar-refractivity contribution in [2.75, 3.05) is 26.3 Å². The van der Waals surface area contributed by atoms with Crippen molar-refractivity contribution < 1.29 is 14.3 Å². The fraction of sp³-hybridized carbons (Fsp3) is 0.600. The molecular formula is C20H26N2O3. The van der Waals surface area contributed by atoms with Gasteiger partial charge >= 0.3 is 0 Å². The fourth-order valence-corrected chi connectivity index (χ4v) is 4.27.